The van der Waals surface area contributed by atoms with Crippen molar-refractivity contribution in [3.05, 3.63) is 0 Å². The van der Waals surface area contributed by atoms with Gasteiger partial charge in [-0.15, -0.1) is 0 Å². The van der Waals surface area contributed by atoms with Crippen LogP contribution in [0.1, 0.15) is 85.5 Å². The molecule has 0 aliphatic carbocycles. The molecule has 0 aromatic rings. The first-order valence-electron chi connectivity index (χ1n) is 10.9. The molecule has 8 heteroatoms. The maximum Gasteiger partial charge on any atom is 0.310 e. The highest BCUT2D eigenvalue weighted by Gasteiger charge is 2.30. The molecule has 0 amide bonds. The summed E-state index contributed by atoms with van der Waals surface area (Å²) < 4.78 is 42.3. The van der Waals surface area contributed by atoms with Gasteiger partial charge in [-0.1, -0.05) is 66.2 Å². The van der Waals surface area contributed by atoms with E-state index in [9.17, 15) is 18.0 Å². The van der Waals surface area contributed by atoms with Gasteiger partial charge in [0.1, 0.15) is 0 Å². The highest BCUT2D eigenvalue weighted by Crippen LogP contribution is 2.17. The molecule has 0 heterocycles. The smallest absolute Gasteiger partial charge is 0.310 e. The van der Waals surface area contributed by atoms with Crippen molar-refractivity contribution in [1.82, 2.24) is 0 Å². The Kier molecular flexibility index (Phi) is 15.0. The van der Waals surface area contributed by atoms with Crippen LogP contribution >= 0.6 is 0 Å². The van der Waals surface area contributed by atoms with Gasteiger partial charge in [-0.25, -0.2) is 0 Å². The summed E-state index contributed by atoms with van der Waals surface area (Å²) in [5, 5.41) is 0. The molecule has 1 N–H and O–H groups in total. The van der Waals surface area contributed by atoms with E-state index in [1.54, 1.807) is 0 Å². The van der Waals surface area contributed by atoms with Crippen LogP contribution in [0, 0.1) is 17.8 Å². The van der Waals surface area contributed by atoms with Crippen LogP contribution in [-0.2, 0) is 29.2 Å². The van der Waals surface area contributed by atoms with Crippen molar-refractivity contribution in [2.45, 2.75) is 85.5 Å². The molecule has 172 valence electrons. The van der Waals surface area contributed by atoms with Crippen LogP contribution < -0.4 is 0 Å². The molecule has 0 aliphatic heterocycles. The number of unbranched alkanes of at least 4 members (excludes halogenated alkanes) is 2. The second-order valence-electron chi connectivity index (χ2n) is 7.80. The maximum atomic E-state index is 12.4. The quantitative estimate of drug-likeness (QED) is 0.266. The van der Waals surface area contributed by atoms with Crippen LogP contribution in [0.25, 0.3) is 0 Å². The van der Waals surface area contributed by atoms with Crippen molar-refractivity contribution >= 4 is 22.1 Å². The molecule has 0 spiro atoms. The molecule has 3 atom stereocenters. The maximum absolute atomic E-state index is 12.4. The van der Waals surface area contributed by atoms with E-state index in [4.69, 9.17) is 14.0 Å². The molecule has 0 bridgehead atoms. The summed E-state index contributed by atoms with van der Waals surface area (Å²) >= 11 is 0. The number of carbonyl (C=O) groups is 2. The van der Waals surface area contributed by atoms with Gasteiger partial charge in [0.25, 0.3) is 10.1 Å². The fourth-order valence-electron chi connectivity index (χ4n) is 3.05. The Morgan fingerprint density at radius 1 is 0.862 bits per heavy atom. The normalized spacial score (nSPS) is 14.8. The number of esters is 2. The molecule has 0 saturated carbocycles. The number of hydrogen-bond donors (Lipinski definition) is 1. The van der Waals surface area contributed by atoms with Gasteiger partial charge < -0.3 is 9.47 Å². The van der Waals surface area contributed by atoms with Crippen molar-refractivity contribution in [2.75, 3.05) is 19.0 Å². The summed E-state index contributed by atoms with van der Waals surface area (Å²) in [7, 11) is -4.43. The fourth-order valence-corrected chi connectivity index (χ4v) is 3.81. The third-order valence-corrected chi connectivity index (χ3v) is 6.01. The van der Waals surface area contributed by atoms with Gasteiger partial charge in [0, 0.05) is 0 Å². The van der Waals surface area contributed by atoms with Crippen molar-refractivity contribution in [2.24, 2.45) is 17.8 Å². The number of carbonyl (C=O) groups excluding carboxylic acids is 2. The van der Waals surface area contributed by atoms with Gasteiger partial charge in [0.15, 0.2) is 0 Å². The average Bonchev–Trinajstić information content (AvgIpc) is 2.66. The molecule has 0 saturated heterocycles. The van der Waals surface area contributed by atoms with E-state index in [-0.39, 0.29) is 25.0 Å². The molecular formula is C21H40O7S. The second kappa shape index (κ2) is 15.7. The van der Waals surface area contributed by atoms with Crippen LogP contribution in [0.5, 0.6) is 0 Å². The van der Waals surface area contributed by atoms with E-state index in [2.05, 4.69) is 13.8 Å². The minimum absolute atomic E-state index is 0.182. The third kappa shape index (κ3) is 14.5. The third-order valence-electron chi connectivity index (χ3n) is 5.19. The van der Waals surface area contributed by atoms with E-state index in [1.807, 2.05) is 13.8 Å². The Bertz CT molecular complexity index is 559. The largest absolute Gasteiger partial charge is 0.465 e. The van der Waals surface area contributed by atoms with Crippen molar-refractivity contribution in [1.29, 1.82) is 0 Å². The van der Waals surface area contributed by atoms with E-state index in [0.717, 1.165) is 51.4 Å². The summed E-state index contributed by atoms with van der Waals surface area (Å²) in [6.07, 6.45) is 7.33. The first-order chi connectivity index (χ1) is 13.7. The minimum atomic E-state index is -4.43. The van der Waals surface area contributed by atoms with Crippen molar-refractivity contribution in [3.8, 4) is 0 Å². The lowest BCUT2D eigenvalue weighted by molar-refractivity contribution is -0.156. The zero-order valence-corrected chi connectivity index (χ0v) is 19.3. The zero-order chi connectivity index (χ0) is 22.3. The molecule has 29 heavy (non-hydrogen) atoms. The summed E-state index contributed by atoms with van der Waals surface area (Å²) in [5.74, 6) is -3.11. The van der Waals surface area contributed by atoms with Gasteiger partial charge in [-0.3, -0.25) is 14.1 Å². The number of hydrogen-bond acceptors (Lipinski definition) is 6. The van der Waals surface area contributed by atoms with Crippen LogP contribution in [-0.4, -0.2) is 43.9 Å². The van der Waals surface area contributed by atoms with Crippen LogP contribution in [0.3, 0.4) is 0 Å². The van der Waals surface area contributed by atoms with Gasteiger partial charge in [-0.05, 0) is 24.7 Å². The summed E-state index contributed by atoms with van der Waals surface area (Å²) in [4.78, 5) is 24.5. The Morgan fingerprint density at radius 2 is 1.34 bits per heavy atom. The molecule has 0 aliphatic rings. The van der Waals surface area contributed by atoms with Gasteiger partial charge in [-0.2, -0.15) is 8.42 Å². The lowest BCUT2D eigenvalue weighted by Gasteiger charge is -2.19. The Balaban J connectivity index is 4.78. The molecular weight excluding hydrogens is 396 g/mol. The SMILES string of the molecule is CCCCC(CC)COC(=O)CC(CS(=O)(=O)O)C(=O)OCC(CC)CCCC. The molecule has 0 aromatic heterocycles. The summed E-state index contributed by atoms with van der Waals surface area (Å²) in [6, 6.07) is 0. The topological polar surface area (TPSA) is 107 Å². The van der Waals surface area contributed by atoms with Crippen LogP contribution in [0.4, 0.5) is 0 Å². The van der Waals surface area contributed by atoms with E-state index in [0.29, 0.717) is 0 Å². The zero-order valence-electron chi connectivity index (χ0n) is 18.5. The van der Waals surface area contributed by atoms with Crippen LogP contribution in [0.15, 0.2) is 0 Å². The molecule has 0 rings (SSSR count). The Morgan fingerprint density at radius 3 is 1.76 bits per heavy atom. The lowest BCUT2D eigenvalue weighted by atomic mass is 10.0. The Labute approximate surface area is 176 Å². The van der Waals surface area contributed by atoms with E-state index in [1.165, 1.54) is 0 Å². The fraction of sp³-hybridized carbons (Fsp3) is 0.905. The second-order valence-corrected chi connectivity index (χ2v) is 9.29. The highest BCUT2D eigenvalue weighted by molar-refractivity contribution is 7.85. The van der Waals surface area contributed by atoms with E-state index >= 15 is 0 Å². The molecule has 0 aromatic carbocycles. The first-order valence-corrected chi connectivity index (χ1v) is 12.5. The standard InChI is InChI=1S/C21H40O7S/c1-5-9-11-17(7-3)14-27-20(22)13-19(16-29(24,25)26)21(23)28-15-18(8-4)12-10-6-2/h17-19H,5-16H2,1-4H3,(H,24,25,26). The predicted octanol–water partition coefficient (Wildman–Crippen LogP) is 4.40. The molecule has 7 nitrogen and oxygen atoms in total. The van der Waals surface area contributed by atoms with Crippen molar-refractivity contribution in [3.63, 3.8) is 0 Å². The number of rotatable bonds is 17. The monoisotopic (exact) mass is 436 g/mol. The molecule has 0 fully saturated rings. The van der Waals surface area contributed by atoms with Gasteiger partial charge in [0.05, 0.1) is 31.3 Å². The molecule has 3 unspecified atom stereocenters. The van der Waals surface area contributed by atoms with Gasteiger partial charge >= 0.3 is 11.9 Å². The number of ether oxygens (including phenoxy) is 2. The summed E-state index contributed by atoms with van der Waals surface area (Å²) in [6.45, 7) is 8.63. The average molecular weight is 437 g/mol. The predicted molar refractivity (Wildman–Crippen MR) is 113 cm³/mol. The lowest BCUT2D eigenvalue weighted by Crippen LogP contribution is -2.30. The minimum Gasteiger partial charge on any atom is -0.465 e. The van der Waals surface area contributed by atoms with Crippen molar-refractivity contribution < 1.29 is 32.0 Å². The van der Waals surface area contributed by atoms with Gasteiger partial charge in [0.2, 0.25) is 0 Å². The summed E-state index contributed by atoms with van der Waals surface area (Å²) in [5.41, 5.74) is 0. The highest BCUT2D eigenvalue weighted by atomic mass is 32.2. The first kappa shape index (κ1) is 27.8. The molecule has 0 radical (unpaired) electrons. The Hall–Kier alpha value is -1.15. The van der Waals surface area contributed by atoms with Crippen LogP contribution in [0.2, 0.25) is 0 Å². The van der Waals surface area contributed by atoms with E-state index < -0.39 is 40.1 Å².